The van der Waals surface area contributed by atoms with E-state index in [-0.39, 0.29) is 5.56 Å². The fourth-order valence-corrected chi connectivity index (χ4v) is 1.80. The highest BCUT2D eigenvalue weighted by Crippen LogP contribution is 2.17. The van der Waals surface area contributed by atoms with Crippen LogP contribution in [0.5, 0.6) is 0 Å². The van der Waals surface area contributed by atoms with Gasteiger partial charge in [-0.2, -0.15) is 0 Å². The van der Waals surface area contributed by atoms with Crippen LogP contribution in [0.4, 0.5) is 0 Å². The van der Waals surface area contributed by atoms with Crippen molar-refractivity contribution in [2.45, 2.75) is 0 Å². The van der Waals surface area contributed by atoms with E-state index in [4.69, 9.17) is 0 Å². The number of hydrogen-bond donors (Lipinski definition) is 0. The van der Waals surface area contributed by atoms with Crippen molar-refractivity contribution < 1.29 is 0 Å². The minimum absolute atomic E-state index is 0.0622. The lowest BCUT2D eigenvalue weighted by atomic mass is 10.2. The number of aryl methyl sites for hydroxylation is 1. The summed E-state index contributed by atoms with van der Waals surface area (Å²) >= 11 is 3.22. The van der Waals surface area contributed by atoms with Gasteiger partial charge in [0.05, 0.1) is 10.2 Å². The molecule has 0 unspecified atom stereocenters. The normalized spacial score (nSPS) is 10.3. The van der Waals surface area contributed by atoms with Gasteiger partial charge < -0.3 is 4.57 Å². The van der Waals surface area contributed by atoms with Gasteiger partial charge in [-0.25, -0.2) is 9.97 Å². The summed E-state index contributed by atoms with van der Waals surface area (Å²) in [6.45, 7) is 0. The van der Waals surface area contributed by atoms with Gasteiger partial charge in [0.15, 0.2) is 0 Å². The van der Waals surface area contributed by atoms with E-state index >= 15 is 0 Å². The van der Waals surface area contributed by atoms with Crippen molar-refractivity contribution in [3.63, 3.8) is 0 Å². The van der Waals surface area contributed by atoms with Crippen LogP contribution >= 0.6 is 15.9 Å². The first-order valence-electron chi connectivity index (χ1n) is 4.31. The first-order valence-corrected chi connectivity index (χ1v) is 5.10. The molecule has 2 aromatic heterocycles. The molecular weight excluding hydrogens is 258 g/mol. The summed E-state index contributed by atoms with van der Waals surface area (Å²) in [5, 5.41) is 0. The number of aromatic nitrogens is 3. The van der Waals surface area contributed by atoms with Crippen LogP contribution in [0.15, 0.2) is 40.1 Å². The summed E-state index contributed by atoms with van der Waals surface area (Å²) in [7, 11) is 1.71. The molecule has 15 heavy (non-hydrogen) atoms. The van der Waals surface area contributed by atoms with E-state index in [0.29, 0.717) is 4.47 Å². The largest absolute Gasteiger partial charge is 0.317 e. The highest BCUT2D eigenvalue weighted by atomic mass is 79.9. The second-order valence-corrected chi connectivity index (χ2v) is 3.94. The van der Waals surface area contributed by atoms with Crippen molar-refractivity contribution in [3.05, 3.63) is 45.7 Å². The third kappa shape index (κ3) is 1.97. The molecule has 0 aliphatic heterocycles. The molecule has 2 heterocycles. The molecule has 0 amide bonds. The second kappa shape index (κ2) is 3.94. The predicted octanol–water partition coefficient (Wildman–Crippen LogP) is 1.60. The van der Waals surface area contributed by atoms with Gasteiger partial charge in [0.1, 0.15) is 6.33 Å². The van der Waals surface area contributed by atoms with Crippen LogP contribution in [0.25, 0.3) is 11.3 Å². The quantitative estimate of drug-likeness (QED) is 0.787. The van der Waals surface area contributed by atoms with Gasteiger partial charge >= 0.3 is 0 Å². The highest BCUT2D eigenvalue weighted by Gasteiger charge is 2.04. The zero-order valence-electron chi connectivity index (χ0n) is 8.01. The zero-order valence-corrected chi connectivity index (χ0v) is 9.60. The van der Waals surface area contributed by atoms with E-state index in [1.165, 1.54) is 10.9 Å². The molecule has 0 N–H and O–H groups in total. The fourth-order valence-electron chi connectivity index (χ4n) is 1.27. The molecule has 0 aliphatic rings. The van der Waals surface area contributed by atoms with Crippen molar-refractivity contribution in [2.75, 3.05) is 0 Å². The molecule has 0 atom stereocenters. The Morgan fingerprint density at radius 2 is 2.27 bits per heavy atom. The molecule has 0 fully saturated rings. The van der Waals surface area contributed by atoms with Crippen LogP contribution in [0.1, 0.15) is 0 Å². The standard InChI is InChI=1S/C10H8BrN3O/c1-14-5-7(4-8(11)10(14)15)9-2-3-12-6-13-9/h2-6H,1H3. The SMILES string of the molecule is Cn1cc(-c2ccncn2)cc(Br)c1=O. The van der Waals surface area contributed by atoms with Gasteiger partial charge in [-0.3, -0.25) is 4.79 Å². The number of pyridine rings is 1. The van der Waals surface area contributed by atoms with Gasteiger partial charge in [0.25, 0.3) is 5.56 Å². The van der Waals surface area contributed by atoms with E-state index in [9.17, 15) is 4.79 Å². The Morgan fingerprint density at radius 1 is 1.47 bits per heavy atom. The van der Waals surface area contributed by atoms with Crippen LogP contribution in [0.3, 0.4) is 0 Å². The van der Waals surface area contributed by atoms with Crippen LogP contribution in [-0.4, -0.2) is 14.5 Å². The second-order valence-electron chi connectivity index (χ2n) is 3.09. The van der Waals surface area contributed by atoms with Gasteiger partial charge in [-0.15, -0.1) is 0 Å². The Morgan fingerprint density at radius 3 is 2.87 bits per heavy atom. The van der Waals surface area contributed by atoms with Gasteiger partial charge in [-0.1, -0.05) is 0 Å². The summed E-state index contributed by atoms with van der Waals surface area (Å²) in [6.07, 6.45) is 4.89. The van der Waals surface area contributed by atoms with Crippen molar-refractivity contribution in [1.29, 1.82) is 0 Å². The van der Waals surface area contributed by atoms with Gasteiger partial charge in [0, 0.05) is 25.0 Å². The van der Waals surface area contributed by atoms with E-state index in [1.807, 2.05) is 0 Å². The monoisotopic (exact) mass is 265 g/mol. The minimum atomic E-state index is -0.0622. The lowest BCUT2D eigenvalue weighted by Crippen LogP contribution is -2.16. The topological polar surface area (TPSA) is 47.8 Å². The Kier molecular flexibility index (Phi) is 2.64. The summed E-state index contributed by atoms with van der Waals surface area (Å²) in [4.78, 5) is 19.4. The maximum absolute atomic E-state index is 11.4. The van der Waals surface area contributed by atoms with Gasteiger partial charge in [-0.05, 0) is 28.1 Å². The molecule has 0 bridgehead atoms. The minimum Gasteiger partial charge on any atom is -0.317 e. The van der Waals surface area contributed by atoms with Crippen LogP contribution in [0.2, 0.25) is 0 Å². The number of rotatable bonds is 1. The number of hydrogen-bond acceptors (Lipinski definition) is 3. The Balaban J connectivity index is 2.61. The average Bonchev–Trinajstić information content (AvgIpc) is 2.26. The predicted molar refractivity (Wildman–Crippen MR) is 60.4 cm³/mol. The molecule has 76 valence electrons. The van der Waals surface area contributed by atoms with E-state index < -0.39 is 0 Å². The Labute approximate surface area is 94.8 Å². The smallest absolute Gasteiger partial charge is 0.264 e. The summed E-state index contributed by atoms with van der Waals surface area (Å²) < 4.78 is 2.04. The molecule has 2 rings (SSSR count). The molecule has 0 saturated heterocycles. The van der Waals surface area contributed by atoms with E-state index in [1.54, 1.807) is 31.6 Å². The number of nitrogens with zero attached hydrogens (tertiary/aromatic N) is 3. The van der Waals surface area contributed by atoms with Crippen molar-refractivity contribution in [3.8, 4) is 11.3 Å². The molecule has 0 aromatic carbocycles. The lowest BCUT2D eigenvalue weighted by Gasteiger charge is -2.03. The number of halogens is 1. The molecular formula is C10H8BrN3O. The molecule has 0 spiro atoms. The molecule has 0 saturated carbocycles. The lowest BCUT2D eigenvalue weighted by molar-refractivity contribution is 0.854. The van der Waals surface area contributed by atoms with Crippen LogP contribution in [-0.2, 0) is 7.05 Å². The van der Waals surface area contributed by atoms with E-state index in [0.717, 1.165) is 11.3 Å². The third-order valence-corrected chi connectivity index (χ3v) is 2.59. The first-order chi connectivity index (χ1) is 7.18. The molecule has 0 aliphatic carbocycles. The summed E-state index contributed by atoms with van der Waals surface area (Å²) in [6, 6.07) is 3.55. The van der Waals surface area contributed by atoms with Crippen LogP contribution < -0.4 is 5.56 Å². The van der Waals surface area contributed by atoms with Gasteiger partial charge in [0.2, 0.25) is 0 Å². The molecule has 4 nitrogen and oxygen atoms in total. The molecule has 0 radical (unpaired) electrons. The van der Waals surface area contributed by atoms with Crippen molar-refractivity contribution in [1.82, 2.24) is 14.5 Å². The maximum Gasteiger partial charge on any atom is 0.264 e. The molecule has 2 aromatic rings. The highest BCUT2D eigenvalue weighted by molar-refractivity contribution is 9.10. The zero-order chi connectivity index (χ0) is 10.8. The maximum atomic E-state index is 11.4. The molecule has 5 heteroatoms. The fraction of sp³-hybridized carbons (Fsp3) is 0.100. The third-order valence-electron chi connectivity index (χ3n) is 2.02. The Bertz CT molecular complexity index is 510. The van der Waals surface area contributed by atoms with E-state index in [2.05, 4.69) is 25.9 Å². The summed E-state index contributed by atoms with van der Waals surface area (Å²) in [5.41, 5.74) is 1.61. The van der Waals surface area contributed by atoms with Crippen molar-refractivity contribution >= 4 is 15.9 Å². The average molecular weight is 266 g/mol. The summed E-state index contributed by atoms with van der Waals surface area (Å²) in [5.74, 6) is 0. The van der Waals surface area contributed by atoms with Crippen LogP contribution in [0, 0.1) is 0 Å². The van der Waals surface area contributed by atoms with Crippen molar-refractivity contribution in [2.24, 2.45) is 7.05 Å². The Hall–Kier alpha value is -1.49. The first kappa shape index (κ1) is 10.0.